The number of hydrogen-bond donors (Lipinski definition) is 3. The van der Waals surface area contributed by atoms with Crippen molar-refractivity contribution in [3.8, 4) is 6.01 Å². The van der Waals surface area contributed by atoms with E-state index in [0.717, 1.165) is 41.6 Å². The van der Waals surface area contributed by atoms with Gasteiger partial charge in [0.25, 0.3) is 5.91 Å². The molecule has 3 heterocycles. The Balaban J connectivity index is 1.48. The lowest BCUT2D eigenvalue weighted by Gasteiger charge is -2.31. The number of anilines is 2. The topological polar surface area (TPSA) is 141 Å². The monoisotopic (exact) mass is 559 g/mol. The van der Waals surface area contributed by atoms with Crippen LogP contribution in [0, 0.1) is 0 Å². The summed E-state index contributed by atoms with van der Waals surface area (Å²) >= 11 is 13.1. The Bertz CT molecular complexity index is 1330. The number of carbonyl (C=O) groups excluding carboxylic acids is 1. The Morgan fingerprint density at radius 2 is 2.08 bits per heavy atom. The van der Waals surface area contributed by atoms with Gasteiger partial charge in [0.2, 0.25) is 0 Å². The normalized spacial score (nSPS) is 20.2. The fraction of sp³-hybridized carbons (Fsp3) is 0.462. The molecule has 1 amide bonds. The first-order valence-corrected chi connectivity index (χ1v) is 13.4. The van der Waals surface area contributed by atoms with Crippen molar-refractivity contribution in [1.29, 1.82) is 0 Å². The molecule has 38 heavy (non-hydrogen) atoms. The lowest BCUT2D eigenvalue weighted by molar-refractivity contribution is -0.117. The third-order valence-corrected chi connectivity index (χ3v) is 7.78. The van der Waals surface area contributed by atoms with Crippen LogP contribution in [-0.2, 0) is 22.6 Å². The zero-order valence-electron chi connectivity index (χ0n) is 21.4. The van der Waals surface area contributed by atoms with E-state index < -0.39 is 5.91 Å². The van der Waals surface area contributed by atoms with E-state index in [1.54, 1.807) is 7.11 Å². The predicted molar refractivity (Wildman–Crippen MR) is 148 cm³/mol. The van der Waals surface area contributed by atoms with E-state index in [-0.39, 0.29) is 22.8 Å². The number of nitrogens with zero attached hydrogens (tertiary/aromatic N) is 4. The second-order valence-electron chi connectivity index (χ2n) is 9.65. The predicted octanol–water partition coefficient (Wildman–Crippen LogP) is 3.22. The van der Waals surface area contributed by atoms with Crippen molar-refractivity contribution >= 4 is 46.3 Å². The molecule has 2 aromatic rings. The van der Waals surface area contributed by atoms with E-state index >= 15 is 0 Å². The maximum atomic E-state index is 12.1. The number of aromatic nitrogens is 2. The van der Waals surface area contributed by atoms with Crippen molar-refractivity contribution in [2.75, 3.05) is 44.4 Å². The largest absolute Gasteiger partial charge is 0.467 e. The highest BCUT2D eigenvalue weighted by Crippen LogP contribution is 2.49. The summed E-state index contributed by atoms with van der Waals surface area (Å²) in [6.45, 7) is 1.85. The number of ether oxygens (including phenoxy) is 2. The second kappa shape index (κ2) is 11.0. The smallest absolute Gasteiger partial charge is 0.318 e. The first-order chi connectivity index (χ1) is 18.3. The maximum absolute atomic E-state index is 12.1. The highest BCUT2D eigenvalue weighted by molar-refractivity contribution is 6.45. The molecule has 5 N–H and O–H groups in total. The molecule has 10 nitrogen and oxygen atoms in total. The van der Waals surface area contributed by atoms with Crippen LogP contribution in [0.15, 0.2) is 27.9 Å². The molecule has 1 aliphatic carbocycles. The van der Waals surface area contributed by atoms with Gasteiger partial charge in [-0.1, -0.05) is 23.2 Å². The molecular formula is C26H31Cl2N7O3. The van der Waals surface area contributed by atoms with Gasteiger partial charge < -0.3 is 31.2 Å². The number of rotatable bonds is 6. The zero-order chi connectivity index (χ0) is 27.0. The minimum absolute atomic E-state index is 0.0736. The van der Waals surface area contributed by atoms with Gasteiger partial charge in [-0.3, -0.25) is 9.79 Å². The highest BCUT2D eigenvalue weighted by Gasteiger charge is 2.35. The molecule has 1 unspecified atom stereocenters. The van der Waals surface area contributed by atoms with Crippen LogP contribution < -0.4 is 26.4 Å². The van der Waals surface area contributed by atoms with Crippen molar-refractivity contribution in [3.05, 3.63) is 50.3 Å². The molecule has 0 bridgehead atoms. The van der Waals surface area contributed by atoms with E-state index in [0.29, 0.717) is 60.8 Å². The molecular weight excluding hydrogens is 529 g/mol. The molecule has 202 valence electrons. The minimum atomic E-state index is -0.457. The van der Waals surface area contributed by atoms with Crippen LogP contribution in [0.1, 0.15) is 53.7 Å². The average molecular weight is 560 g/mol. The summed E-state index contributed by atoms with van der Waals surface area (Å²) < 4.78 is 11.9. The molecule has 1 atom stereocenters. The summed E-state index contributed by atoms with van der Waals surface area (Å²) in [6.07, 6.45) is 3.28. The van der Waals surface area contributed by atoms with Gasteiger partial charge in [0.05, 0.1) is 42.8 Å². The number of fused-ring (bicyclic) bond motifs is 1. The number of nitrogens with one attached hydrogen (secondary N) is 1. The van der Waals surface area contributed by atoms with Crippen molar-refractivity contribution in [2.45, 2.75) is 44.3 Å². The Morgan fingerprint density at radius 3 is 2.79 bits per heavy atom. The number of methoxy groups -OCH3 is 1. The summed E-state index contributed by atoms with van der Waals surface area (Å²) in [5.74, 6) is 0.672. The van der Waals surface area contributed by atoms with Gasteiger partial charge in [0.1, 0.15) is 11.5 Å². The van der Waals surface area contributed by atoms with Crippen molar-refractivity contribution in [2.24, 2.45) is 10.7 Å². The number of hydrogen-bond acceptors (Lipinski definition) is 9. The molecule has 0 radical (unpaired) electrons. The summed E-state index contributed by atoms with van der Waals surface area (Å²) in [5.41, 5.74) is 17.1. The van der Waals surface area contributed by atoms with Gasteiger partial charge in [0, 0.05) is 42.8 Å². The maximum Gasteiger partial charge on any atom is 0.318 e. The molecule has 1 fully saturated rings. The lowest BCUT2D eigenvalue weighted by atomic mass is 9.92. The third-order valence-electron chi connectivity index (χ3n) is 7.05. The Morgan fingerprint density at radius 1 is 1.29 bits per heavy atom. The van der Waals surface area contributed by atoms with Gasteiger partial charge >= 0.3 is 6.01 Å². The summed E-state index contributed by atoms with van der Waals surface area (Å²) in [7, 11) is 3.04. The first kappa shape index (κ1) is 26.5. The Labute approximate surface area is 231 Å². The highest BCUT2D eigenvalue weighted by atomic mass is 35.5. The summed E-state index contributed by atoms with van der Waals surface area (Å²) in [4.78, 5) is 28.1. The number of nitrogen functional groups attached to an aromatic ring is 1. The minimum Gasteiger partial charge on any atom is -0.467 e. The van der Waals surface area contributed by atoms with Gasteiger partial charge in [0.15, 0.2) is 0 Å². The standard InChI is InChI=1S/C26H31Cl2N7O3/c1-31-25(36)23(30)22(28)19-11-35(7-3-6-32-19)24-16-12-38-20(10-18(16)33-26(34-24)37-2)15-8-14(29)9-17(27)21(15)13-4-5-13/h8-9,13,20H,3-7,10-12,29-30H2,1-2H3,(H,31,36)/b23-22+. The number of halogens is 2. The van der Waals surface area contributed by atoms with Crippen LogP contribution in [-0.4, -0.2) is 55.4 Å². The van der Waals surface area contributed by atoms with Crippen molar-refractivity contribution in [1.82, 2.24) is 15.3 Å². The van der Waals surface area contributed by atoms with Crippen LogP contribution in [0.3, 0.4) is 0 Å². The molecule has 3 aliphatic rings. The SMILES string of the molecule is CNC(=O)/C(N)=C(\Cl)C1=NCCCN(c2nc(OC)nc3c2COC(c2cc(N)cc(Cl)c2C2CC2)C3)C1. The summed E-state index contributed by atoms with van der Waals surface area (Å²) in [6, 6.07) is 4.05. The average Bonchev–Trinajstić information content (AvgIpc) is 3.77. The zero-order valence-corrected chi connectivity index (χ0v) is 22.9. The quantitative estimate of drug-likeness (QED) is 0.361. The van der Waals surface area contributed by atoms with Crippen LogP contribution in [0.25, 0.3) is 0 Å². The number of benzene rings is 1. The van der Waals surface area contributed by atoms with Crippen LogP contribution in [0.4, 0.5) is 11.5 Å². The second-order valence-corrected chi connectivity index (χ2v) is 10.4. The van der Waals surface area contributed by atoms with Crippen molar-refractivity contribution in [3.63, 3.8) is 0 Å². The van der Waals surface area contributed by atoms with Gasteiger partial charge in [-0.2, -0.15) is 9.97 Å². The van der Waals surface area contributed by atoms with Gasteiger partial charge in [-0.15, -0.1) is 0 Å². The third kappa shape index (κ3) is 5.25. The molecule has 2 aliphatic heterocycles. The van der Waals surface area contributed by atoms with Crippen molar-refractivity contribution < 1.29 is 14.3 Å². The molecule has 0 spiro atoms. The fourth-order valence-corrected chi connectivity index (χ4v) is 5.60. The first-order valence-electron chi connectivity index (χ1n) is 12.6. The van der Waals surface area contributed by atoms with Crippen LogP contribution in [0.2, 0.25) is 5.02 Å². The summed E-state index contributed by atoms with van der Waals surface area (Å²) in [5, 5.41) is 3.32. The number of carbonyl (C=O) groups is 1. The van der Waals surface area contributed by atoms with E-state index in [1.165, 1.54) is 7.05 Å². The molecule has 12 heteroatoms. The number of aliphatic imine (C=N–C) groups is 1. The van der Waals surface area contributed by atoms with E-state index in [4.69, 9.17) is 49.1 Å². The van der Waals surface area contributed by atoms with E-state index in [9.17, 15) is 4.79 Å². The van der Waals surface area contributed by atoms with Crippen LogP contribution >= 0.6 is 23.2 Å². The molecule has 1 aromatic carbocycles. The van der Waals surface area contributed by atoms with E-state index in [2.05, 4.69) is 20.2 Å². The van der Waals surface area contributed by atoms with Gasteiger partial charge in [-0.05, 0) is 48.4 Å². The fourth-order valence-electron chi connectivity index (χ4n) is 5.01. The number of nitrogens with two attached hydrogens (primary N) is 2. The molecule has 1 aromatic heterocycles. The van der Waals surface area contributed by atoms with Gasteiger partial charge in [-0.25, -0.2) is 0 Å². The molecule has 5 rings (SSSR count). The Kier molecular flexibility index (Phi) is 7.65. The van der Waals surface area contributed by atoms with Crippen LogP contribution in [0.5, 0.6) is 6.01 Å². The molecule has 0 saturated heterocycles. The lowest BCUT2D eigenvalue weighted by Crippen LogP contribution is -2.34. The van der Waals surface area contributed by atoms with E-state index in [1.807, 2.05) is 12.1 Å². The molecule has 1 saturated carbocycles. The number of likely N-dealkylation sites (N-methyl/N-ethyl adjacent to an activating group) is 1. The Hall–Kier alpha value is -3.08. The number of amides is 1.